The maximum Gasteiger partial charge on any atom is 0.282 e. The van der Waals surface area contributed by atoms with Crippen LogP contribution in [0.15, 0.2) is 0 Å². The monoisotopic (exact) mass is 297 g/mol. The Morgan fingerprint density at radius 1 is 1.47 bits per heavy atom. The highest BCUT2D eigenvalue weighted by atomic mass is 35.5. The molecule has 1 amide bonds. The molecular formula is C8H12ClN3O3S2. The fourth-order valence-corrected chi connectivity index (χ4v) is 1.88. The van der Waals surface area contributed by atoms with Crippen molar-refractivity contribution in [3.63, 3.8) is 0 Å². The Morgan fingerprint density at radius 3 is 2.47 bits per heavy atom. The third kappa shape index (κ3) is 3.62. The molecule has 9 heteroatoms. The topological polar surface area (TPSA) is 89.0 Å². The Hall–Kier alpha value is -0.730. The minimum absolute atomic E-state index is 0.00185. The van der Waals surface area contributed by atoms with E-state index in [1.807, 2.05) is 0 Å². The van der Waals surface area contributed by atoms with Gasteiger partial charge in [-0.05, 0) is 25.4 Å². The summed E-state index contributed by atoms with van der Waals surface area (Å²) in [5, 5.41) is 9.64. The van der Waals surface area contributed by atoms with Gasteiger partial charge in [-0.1, -0.05) is 11.3 Å². The lowest BCUT2D eigenvalue weighted by Gasteiger charge is -2.22. The summed E-state index contributed by atoms with van der Waals surface area (Å²) in [6, 6.07) is 0. The van der Waals surface area contributed by atoms with Crippen LogP contribution in [0, 0.1) is 0 Å². The van der Waals surface area contributed by atoms with E-state index < -0.39 is 20.5 Å². The van der Waals surface area contributed by atoms with Crippen LogP contribution in [0.5, 0.6) is 0 Å². The quantitative estimate of drug-likeness (QED) is 0.885. The first kappa shape index (κ1) is 14.3. The number of halogens is 1. The minimum atomic E-state index is -3.25. The molecule has 0 spiro atoms. The number of sulfone groups is 1. The van der Waals surface area contributed by atoms with E-state index in [0.29, 0.717) is 0 Å². The van der Waals surface area contributed by atoms with Crippen molar-refractivity contribution in [3.8, 4) is 0 Å². The van der Waals surface area contributed by atoms with Gasteiger partial charge in [-0.3, -0.25) is 4.79 Å². The number of amides is 1. The molecule has 0 saturated heterocycles. The molecule has 6 nitrogen and oxygen atoms in total. The third-order valence-corrected chi connectivity index (χ3v) is 5.44. The van der Waals surface area contributed by atoms with Crippen LogP contribution in [-0.2, 0) is 9.84 Å². The summed E-state index contributed by atoms with van der Waals surface area (Å²) in [5.41, 5.74) is 0. The maximum absolute atomic E-state index is 11.6. The average Bonchev–Trinajstić information content (AvgIpc) is 2.59. The standard InChI is InChI=1S/C8H12ClN3O3S2/c1-8(2,17(3,14)15)4-10-5(13)6-11-12-7(9)16-6/h4H2,1-3H3,(H,10,13). The van der Waals surface area contributed by atoms with Gasteiger partial charge in [0.1, 0.15) is 0 Å². The van der Waals surface area contributed by atoms with E-state index in [0.717, 1.165) is 17.6 Å². The molecule has 0 aliphatic rings. The Morgan fingerprint density at radius 2 is 2.06 bits per heavy atom. The smallest absolute Gasteiger partial charge is 0.282 e. The molecule has 0 unspecified atom stereocenters. The number of nitrogens with zero attached hydrogens (tertiary/aromatic N) is 2. The predicted molar refractivity (Wildman–Crippen MR) is 66.2 cm³/mol. The fraction of sp³-hybridized carbons (Fsp3) is 0.625. The summed E-state index contributed by atoms with van der Waals surface area (Å²) >= 11 is 6.47. The van der Waals surface area contributed by atoms with Crippen molar-refractivity contribution in [2.45, 2.75) is 18.6 Å². The van der Waals surface area contributed by atoms with Crippen molar-refractivity contribution in [3.05, 3.63) is 9.47 Å². The van der Waals surface area contributed by atoms with Gasteiger partial charge in [-0.15, -0.1) is 10.2 Å². The first-order valence-electron chi connectivity index (χ1n) is 4.60. The summed E-state index contributed by atoms with van der Waals surface area (Å²) in [6.07, 6.45) is 1.13. The number of rotatable bonds is 4. The Labute approximate surface area is 108 Å². The molecule has 0 aliphatic heterocycles. The largest absolute Gasteiger partial charge is 0.348 e. The second-order valence-electron chi connectivity index (χ2n) is 4.07. The van der Waals surface area contributed by atoms with Crippen LogP contribution in [0.2, 0.25) is 4.47 Å². The van der Waals surface area contributed by atoms with Crippen molar-refractivity contribution in [2.75, 3.05) is 12.8 Å². The first-order chi connectivity index (χ1) is 7.63. The number of aromatic nitrogens is 2. The SMILES string of the molecule is CC(C)(CNC(=O)c1nnc(Cl)s1)S(C)(=O)=O. The number of carbonyl (C=O) groups excluding carboxylic acids is 1. The first-order valence-corrected chi connectivity index (χ1v) is 7.69. The lowest BCUT2D eigenvalue weighted by molar-refractivity contribution is 0.0949. The van der Waals surface area contributed by atoms with Crippen LogP contribution in [-0.4, -0.2) is 42.1 Å². The third-order valence-electron chi connectivity index (χ3n) is 2.27. The summed E-state index contributed by atoms with van der Waals surface area (Å²) in [7, 11) is -3.25. The van der Waals surface area contributed by atoms with Crippen molar-refractivity contribution >= 4 is 38.7 Å². The summed E-state index contributed by atoms with van der Waals surface area (Å²) in [5.74, 6) is -0.480. The Balaban J connectivity index is 2.67. The second kappa shape index (κ2) is 4.87. The molecule has 1 N–H and O–H groups in total. The van der Waals surface area contributed by atoms with E-state index in [4.69, 9.17) is 11.6 Å². The lowest BCUT2D eigenvalue weighted by Crippen LogP contribution is -2.43. The Bertz CT molecular complexity index is 524. The summed E-state index contributed by atoms with van der Waals surface area (Å²) in [6.45, 7) is 3.08. The molecule has 1 heterocycles. The molecule has 0 fully saturated rings. The zero-order chi connectivity index (χ0) is 13.3. The highest BCUT2D eigenvalue weighted by molar-refractivity contribution is 7.92. The minimum Gasteiger partial charge on any atom is -0.348 e. The van der Waals surface area contributed by atoms with Gasteiger partial charge in [0.25, 0.3) is 5.91 Å². The van der Waals surface area contributed by atoms with E-state index in [2.05, 4.69) is 15.5 Å². The number of nitrogens with one attached hydrogen (secondary N) is 1. The van der Waals surface area contributed by atoms with Gasteiger partial charge >= 0.3 is 0 Å². The van der Waals surface area contributed by atoms with Crippen molar-refractivity contribution in [2.24, 2.45) is 0 Å². The van der Waals surface area contributed by atoms with Gasteiger partial charge in [0, 0.05) is 12.8 Å². The van der Waals surface area contributed by atoms with E-state index in [9.17, 15) is 13.2 Å². The normalized spacial score (nSPS) is 12.5. The lowest BCUT2D eigenvalue weighted by atomic mass is 10.2. The number of hydrogen-bond donors (Lipinski definition) is 1. The number of carbonyl (C=O) groups is 1. The van der Waals surface area contributed by atoms with Gasteiger partial charge in [-0.25, -0.2) is 8.42 Å². The highest BCUT2D eigenvalue weighted by Crippen LogP contribution is 2.16. The van der Waals surface area contributed by atoms with E-state index in [1.165, 1.54) is 13.8 Å². The average molecular weight is 298 g/mol. The van der Waals surface area contributed by atoms with Gasteiger partial charge in [0.2, 0.25) is 9.47 Å². The van der Waals surface area contributed by atoms with Gasteiger partial charge in [0.15, 0.2) is 9.84 Å². The Kier molecular flexibility index (Phi) is 4.11. The van der Waals surface area contributed by atoms with Gasteiger partial charge in [0.05, 0.1) is 4.75 Å². The predicted octanol–water partition coefficient (Wildman–Crippen LogP) is 0.745. The molecule has 0 saturated carbocycles. The van der Waals surface area contributed by atoms with Crippen LogP contribution < -0.4 is 5.32 Å². The molecule has 17 heavy (non-hydrogen) atoms. The van der Waals surface area contributed by atoms with E-state index >= 15 is 0 Å². The van der Waals surface area contributed by atoms with Crippen LogP contribution in [0.3, 0.4) is 0 Å². The summed E-state index contributed by atoms with van der Waals surface area (Å²) in [4.78, 5) is 11.6. The van der Waals surface area contributed by atoms with Crippen LogP contribution >= 0.6 is 22.9 Å². The molecule has 0 radical (unpaired) electrons. The van der Waals surface area contributed by atoms with Gasteiger partial charge < -0.3 is 5.32 Å². The van der Waals surface area contributed by atoms with Crippen LogP contribution in [0.4, 0.5) is 0 Å². The molecule has 0 aromatic carbocycles. The number of hydrogen-bond acceptors (Lipinski definition) is 6. The van der Waals surface area contributed by atoms with Crippen LogP contribution in [0.1, 0.15) is 23.6 Å². The zero-order valence-corrected chi connectivity index (χ0v) is 11.9. The summed E-state index contributed by atoms with van der Waals surface area (Å²) < 4.78 is 22.0. The van der Waals surface area contributed by atoms with Crippen molar-refractivity contribution < 1.29 is 13.2 Å². The van der Waals surface area contributed by atoms with Crippen LogP contribution in [0.25, 0.3) is 0 Å². The van der Waals surface area contributed by atoms with Gasteiger partial charge in [-0.2, -0.15) is 0 Å². The van der Waals surface area contributed by atoms with E-state index in [1.54, 1.807) is 0 Å². The van der Waals surface area contributed by atoms with Crippen molar-refractivity contribution in [1.29, 1.82) is 0 Å². The molecule has 96 valence electrons. The maximum atomic E-state index is 11.6. The highest BCUT2D eigenvalue weighted by Gasteiger charge is 2.30. The molecule has 0 atom stereocenters. The zero-order valence-electron chi connectivity index (χ0n) is 9.52. The molecular weight excluding hydrogens is 286 g/mol. The molecule has 1 aromatic heterocycles. The fourth-order valence-electron chi connectivity index (χ4n) is 0.797. The van der Waals surface area contributed by atoms with E-state index in [-0.39, 0.29) is 16.0 Å². The van der Waals surface area contributed by atoms with Crippen molar-refractivity contribution in [1.82, 2.24) is 15.5 Å². The molecule has 0 bridgehead atoms. The second-order valence-corrected chi connectivity index (χ2v) is 8.28. The molecule has 0 aliphatic carbocycles. The molecule has 1 aromatic rings. The molecule has 1 rings (SSSR count).